The Morgan fingerprint density at radius 2 is 2.00 bits per heavy atom. The number of amides is 1. The Bertz CT molecular complexity index is 474. The standard InChI is InChI=1S/C15H19NO4/c1-10-7-8-12(14(17)18)13(10)16-15(19)20-9-11-5-3-2-4-6-11/h2-6,10,12-13H,7-9H2,1H3,(H,16,19)(H,17,18)/t10-,12+,13+/m1/s1. The van der Waals surface area contributed by atoms with Gasteiger partial charge in [0.05, 0.1) is 5.92 Å². The van der Waals surface area contributed by atoms with Gasteiger partial charge in [0.2, 0.25) is 0 Å². The molecule has 20 heavy (non-hydrogen) atoms. The summed E-state index contributed by atoms with van der Waals surface area (Å²) >= 11 is 0. The number of carboxylic acids is 1. The molecule has 3 atom stereocenters. The van der Waals surface area contributed by atoms with E-state index in [1.807, 2.05) is 37.3 Å². The van der Waals surface area contributed by atoms with Crippen LogP contribution in [-0.2, 0) is 16.1 Å². The third-order valence-corrected chi connectivity index (χ3v) is 3.79. The predicted octanol–water partition coefficient (Wildman–Crippen LogP) is 2.41. The van der Waals surface area contributed by atoms with Crippen LogP contribution in [-0.4, -0.2) is 23.2 Å². The normalized spacial score (nSPS) is 25.1. The zero-order chi connectivity index (χ0) is 14.5. The molecule has 1 fully saturated rings. The fourth-order valence-electron chi connectivity index (χ4n) is 2.62. The Hall–Kier alpha value is -2.04. The van der Waals surface area contributed by atoms with Gasteiger partial charge in [-0.25, -0.2) is 4.79 Å². The van der Waals surface area contributed by atoms with Gasteiger partial charge in [0.15, 0.2) is 0 Å². The maximum Gasteiger partial charge on any atom is 0.407 e. The lowest BCUT2D eigenvalue weighted by molar-refractivity contribution is -0.142. The minimum absolute atomic E-state index is 0.153. The highest BCUT2D eigenvalue weighted by atomic mass is 16.5. The van der Waals surface area contributed by atoms with Crippen LogP contribution in [0, 0.1) is 11.8 Å². The summed E-state index contributed by atoms with van der Waals surface area (Å²) in [4.78, 5) is 22.9. The molecule has 0 radical (unpaired) electrons. The lowest BCUT2D eigenvalue weighted by atomic mass is 9.99. The van der Waals surface area contributed by atoms with Crippen molar-refractivity contribution in [3.63, 3.8) is 0 Å². The van der Waals surface area contributed by atoms with Crippen LogP contribution < -0.4 is 5.32 Å². The zero-order valence-electron chi connectivity index (χ0n) is 11.4. The average Bonchev–Trinajstić information content (AvgIpc) is 2.79. The number of carbonyl (C=O) groups excluding carboxylic acids is 1. The second-order valence-corrected chi connectivity index (χ2v) is 5.23. The van der Waals surface area contributed by atoms with Gasteiger partial charge in [-0.05, 0) is 24.3 Å². The lowest BCUT2D eigenvalue weighted by Crippen LogP contribution is -2.43. The Morgan fingerprint density at radius 3 is 2.65 bits per heavy atom. The first kappa shape index (κ1) is 14.4. The molecule has 5 nitrogen and oxygen atoms in total. The van der Waals surface area contributed by atoms with Gasteiger partial charge in [-0.15, -0.1) is 0 Å². The van der Waals surface area contributed by atoms with Gasteiger partial charge in [0, 0.05) is 6.04 Å². The van der Waals surface area contributed by atoms with Crippen molar-refractivity contribution in [1.29, 1.82) is 0 Å². The molecule has 0 spiro atoms. The van der Waals surface area contributed by atoms with E-state index in [0.717, 1.165) is 12.0 Å². The maximum atomic E-state index is 11.8. The molecule has 5 heteroatoms. The van der Waals surface area contributed by atoms with E-state index in [0.29, 0.717) is 6.42 Å². The summed E-state index contributed by atoms with van der Waals surface area (Å²) in [6, 6.07) is 9.01. The number of carbonyl (C=O) groups is 2. The number of hydrogen-bond acceptors (Lipinski definition) is 3. The van der Waals surface area contributed by atoms with Crippen LogP contribution in [0.1, 0.15) is 25.3 Å². The number of carboxylic acid groups (broad SMARTS) is 1. The molecule has 1 aromatic carbocycles. The van der Waals surface area contributed by atoms with Crippen molar-refractivity contribution >= 4 is 12.1 Å². The van der Waals surface area contributed by atoms with E-state index < -0.39 is 18.0 Å². The summed E-state index contributed by atoms with van der Waals surface area (Å²) in [5, 5.41) is 11.8. The number of alkyl carbamates (subject to hydrolysis) is 1. The largest absolute Gasteiger partial charge is 0.481 e. The molecular formula is C15H19NO4. The molecule has 1 aliphatic rings. The molecule has 0 aliphatic heterocycles. The molecule has 0 unspecified atom stereocenters. The highest BCUT2D eigenvalue weighted by Gasteiger charge is 2.39. The molecule has 0 aromatic heterocycles. The highest BCUT2D eigenvalue weighted by Crippen LogP contribution is 2.31. The van der Waals surface area contributed by atoms with Gasteiger partial charge in [-0.1, -0.05) is 37.3 Å². The first-order valence-corrected chi connectivity index (χ1v) is 6.78. The summed E-state index contributed by atoms with van der Waals surface area (Å²) in [7, 11) is 0. The Morgan fingerprint density at radius 1 is 1.30 bits per heavy atom. The van der Waals surface area contributed by atoms with Crippen molar-refractivity contribution in [1.82, 2.24) is 5.32 Å². The Kier molecular flexibility index (Phi) is 4.61. The van der Waals surface area contributed by atoms with Crippen molar-refractivity contribution in [3.8, 4) is 0 Å². The lowest BCUT2D eigenvalue weighted by Gasteiger charge is -2.21. The van der Waals surface area contributed by atoms with Gasteiger partial charge in [-0.2, -0.15) is 0 Å². The maximum absolute atomic E-state index is 11.8. The van der Waals surface area contributed by atoms with Crippen molar-refractivity contribution in [3.05, 3.63) is 35.9 Å². The van der Waals surface area contributed by atoms with E-state index in [2.05, 4.69) is 5.32 Å². The number of ether oxygens (including phenoxy) is 1. The van der Waals surface area contributed by atoms with Crippen LogP contribution in [0.25, 0.3) is 0 Å². The molecule has 2 rings (SSSR count). The molecule has 1 aliphatic carbocycles. The van der Waals surface area contributed by atoms with E-state index in [4.69, 9.17) is 9.84 Å². The number of hydrogen-bond donors (Lipinski definition) is 2. The Labute approximate surface area is 117 Å². The van der Waals surface area contributed by atoms with Crippen LogP contribution in [0.5, 0.6) is 0 Å². The minimum atomic E-state index is -0.859. The fourth-order valence-corrected chi connectivity index (χ4v) is 2.62. The zero-order valence-corrected chi connectivity index (χ0v) is 11.4. The van der Waals surface area contributed by atoms with E-state index in [1.165, 1.54) is 0 Å². The quantitative estimate of drug-likeness (QED) is 0.886. The minimum Gasteiger partial charge on any atom is -0.481 e. The van der Waals surface area contributed by atoms with Gasteiger partial charge in [0.1, 0.15) is 6.61 Å². The molecule has 0 bridgehead atoms. The molecular weight excluding hydrogens is 258 g/mol. The van der Waals surface area contributed by atoms with E-state index >= 15 is 0 Å². The highest BCUT2D eigenvalue weighted by molar-refractivity contribution is 5.74. The van der Waals surface area contributed by atoms with Crippen molar-refractivity contribution in [2.75, 3.05) is 0 Å². The van der Waals surface area contributed by atoms with Gasteiger partial charge < -0.3 is 15.2 Å². The van der Waals surface area contributed by atoms with Crippen LogP contribution in [0.2, 0.25) is 0 Å². The predicted molar refractivity (Wildman–Crippen MR) is 73.1 cm³/mol. The second kappa shape index (κ2) is 6.41. The molecule has 0 saturated heterocycles. The number of benzene rings is 1. The molecule has 1 saturated carbocycles. The molecule has 1 amide bonds. The smallest absolute Gasteiger partial charge is 0.407 e. The molecule has 1 aromatic rings. The van der Waals surface area contributed by atoms with Crippen LogP contribution in [0.3, 0.4) is 0 Å². The fraction of sp³-hybridized carbons (Fsp3) is 0.467. The van der Waals surface area contributed by atoms with Gasteiger partial charge >= 0.3 is 12.1 Å². The van der Waals surface area contributed by atoms with Gasteiger partial charge in [0.25, 0.3) is 0 Å². The number of aliphatic carboxylic acids is 1. The van der Waals surface area contributed by atoms with Crippen molar-refractivity contribution < 1.29 is 19.4 Å². The van der Waals surface area contributed by atoms with E-state index in [-0.39, 0.29) is 18.6 Å². The summed E-state index contributed by atoms with van der Waals surface area (Å²) < 4.78 is 5.12. The van der Waals surface area contributed by atoms with Crippen LogP contribution >= 0.6 is 0 Å². The molecule has 0 heterocycles. The summed E-state index contributed by atoms with van der Waals surface area (Å²) in [6.45, 7) is 2.14. The summed E-state index contributed by atoms with van der Waals surface area (Å²) in [5.74, 6) is -1.22. The SMILES string of the molecule is C[C@@H]1CC[C@H](C(=O)O)[C@H]1NC(=O)OCc1ccccc1. The first-order chi connectivity index (χ1) is 9.58. The van der Waals surface area contributed by atoms with Crippen LogP contribution in [0.4, 0.5) is 4.79 Å². The summed E-state index contributed by atoms with van der Waals surface area (Å²) in [6.07, 6.45) is 0.847. The van der Waals surface area contributed by atoms with Gasteiger partial charge in [-0.3, -0.25) is 4.79 Å². The third kappa shape index (κ3) is 3.50. The Balaban J connectivity index is 1.86. The van der Waals surface area contributed by atoms with Crippen LogP contribution in [0.15, 0.2) is 30.3 Å². The monoisotopic (exact) mass is 277 g/mol. The topological polar surface area (TPSA) is 75.6 Å². The summed E-state index contributed by atoms with van der Waals surface area (Å²) in [5.41, 5.74) is 0.900. The number of rotatable bonds is 4. The molecule has 108 valence electrons. The van der Waals surface area contributed by atoms with Crippen molar-refractivity contribution in [2.45, 2.75) is 32.4 Å². The first-order valence-electron chi connectivity index (χ1n) is 6.78. The average molecular weight is 277 g/mol. The van der Waals surface area contributed by atoms with E-state index in [1.54, 1.807) is 0 Å². The van der Waals surface area contributed by atoms with E-state index in [9.17, 15) is 9.59 Å². The number of nitrogens with one attached hydrogen (secondary N) is 1. The van der Waals surface area contributed by atoms with Crippen molar-refractivity contribution in [2.24, 2.45) is 11.8 Å². The second-order valence-electron chi connectivity index (χ2n) is 5.23. The molecule has 2 N–H and O–H groups in total. The third-order valence-electron chi connectivity index (χ3n) is 3.79.